The van der Waals surface area contributed by atoms with Gasteiger partial charge in [-0.2, -0.15) is 0 Å². The van der Waals surface area contributed by atoms with Gasteiger partial charge in [-0.15, -0.1) is 0 Å². The standard InChI is InChI=1S/C42H77O8P/c1-3-5-7-9-11-13-15-17-19-20-21-23-24-26-28-30-32-34-36-41(43)48-38-40(39-49-51(45,46)47)50-42(44)37-35-33-31-29-27-25-22-18-16-14-12-10-8-6-4-2/h12,14,18,22,27,29,40H,3-11,13,15-17,19-21,23-26,28,30-39H2,1-2H3,(H2,45,46,47)/b14-12-,22-18-,29-27-/t40-/m1/s1. The first-order chi connectivity index (χ1) is 24.8. The molecule has 8 nitrogen and oxygen atoms in total. The van der Waals surface area contributed by atoms with E-state index in [0.717, 1.165) is 51.4 Å². The van der Waals surface area contributed by atoms with Crippen molar-refractivity contribution in [2.45, 2.75) is 206 Å². The van der Waals surface area contributed by atoms with Gasteiger partial charge < -0.3 is 19.3 Å². The van der Waals surface area contributed by atoms with Gasteiger partial charge in [-0.25, -0.2) is 4.57 Å². The number of rotatable bonds is 38. The van der Waals surface area contributed by atoms with Crippen molar-refractivity contribution in [2.75, 3.05) is 13.2 Å². The SMILES string of the molecule is CCCCC/C=C\C/C=C\C/C=C\CCCCC(=O)O[C@H](COC(=O)CCCCCCCCCCCCCCCCCCCC)COP(=O)(O)O. The number of carbonyl (C=O) groups is 2. The monoisotopic (exact) mass is 741 g/mol. The van der Waals surface area contributed by atoms with E-state index in [1.807, 2.05) is 0 Å². The molecule has 1 atom stereocenters. The van der Waals surface area contributed by atoms with Crippen LogP contribution in [0, 0.1) is 0 Å². The molecule has 0 aliphatic rings. The highest BCUT2D eigenvalue weighted by Crippen LogP contribution is 2.36. The summed E-state index contributed by atoms with van der Waals surface area (Å²) in [5, 5.41) is 0. The van der Waals surface area contributed by atoms with Crippen molar-refractivity contribution in [3.05, 3.63) is 36.5 Å². The minimum atomic E-state index is -4.76. The molecule has 0 aliphatic carbocycles. The van der Waals surface area contributed by atoms with Gasteiger partial charge in [0.15, 0.2) is 6.10 Å². The van der Waals surface area contributed by atoms with E-state index >= 15 is 0 Å². The van der Waals surface area contributed by atoms with Gasteiger partial charge in [-0.1, -0.05) is 172 Å². The van der Waals surface area contributed by atoms with Crippen molar-refractivity contribution < 1.29 is 37.9 Å². The molecule has 0 aromatic rings. The highest BCUT2D eigenvalue weighted by molar-refractivity contribution is 7.46. The van der Waals surface area contributed by atoms with Gasteiger partial charge in [0.1, 0.15) is 6.61 Å². The second-order valence-corrected chi connectivity index (χ2v) is 15.2. The van der Waals surface area contributed by atoms with Crippen LogP contribution in [0.5, 0.6) is 0 Å². The van der Waals surface area contributed by atoms with Gasteiger partial charge in [0, 0.05) is 12.8 Å². The molecule has 0 amide bonds. The number of esters is 2. The average molecular weight is 741 g/mol. The quantitative estimate of drug-likeness (QED) is 0.0278. The Hall–Kier alpha value is -1.73. The molecule has 298 valence electrons. The fourth-order valence-electron chi connectivity index (χ4n) is 5.79. The van der Waals surface area contributed by atoms with Gasteiger partial charge in [0.2, 0.25) is 0 Å². The molecule has 0 rings (SSSR count). The second kappa shape index (κ2) is 38.0. The first kappa shape index (κ1) is 49.3. The van der Waals surface area contributed by atoms with E-state index in [9.17, 15) is 14.2 Å². The molecule has 2 N–H and O–H groups in total. The molecule has 51 heavy (non-hydrogen) atoms. The molecule has 0 radical (unpaired) electrons. The zero-order valence-electron chi connectivity index (χ0n) is 32.8. The van der Waals surface area contributed by atoms with Crippen LogP contribution in [-0.2, 0) is 28.2 Å². The fraction of sp³-hybridized carbons (Fsp3) is 0.810. The molecule has 9 heteroatoms. The maximum absolute atomic E-state index is 12.4. The predicted molar refractivity (Wildman–Crippen MR) is 211 cm³/mol. The average Bonchev–Trinajstić information content (AvgIpc) is 3.10. The van der Waals surface area contributed by atoms with Crippen LogP contribution in [0.4, 0.5) is 0 Å². The summed E-state index contributed by atoms with van der Waals surface area (Å²) in [6.07, 6.45) is 44.4. The summed E-state index contributed by atoms with van der Waals surface area (Å²) in [5.41, 5.74) is 0. The number of phosphoric acid groups is 1. The van der Waals surface area contributed by atoms with Gasteiger partial charge in [0.05, 0.1) is 6.61 Å². The van der Waals surface area contributed by atoms with Crippen LogP contribution in [-0.4, -0.2) is 41.0 Å². The Bertz CT molecular complexity index is 926. The lowest BCUT2D eigenvalue weighted by atomic mass is 10.0. The third-order valence-corrected chi connectivity index (χ3v) is 9.40. The molecule has 0 heterocycles. The van der Waals surface area contributed by atoms with E-state index < -0.39 is 32.5 Å². The number of unbranched alkanes of at least 4 members (excludes halogenated alkanes) is 22. The summed E-state index contributed by atoms with van der Waals surface area (Å²) in [7, 11) is -4.76. The van der Waals surface area contributed by atoms with Crippen LogP contribution >= 0.6 is 7.82 Å². The first-order valence-corrected chi connectivity index (χ1v) is 22.3. The number of phosphoric ester groups is 1. The lowest BCUT2D eigenvalue weighted by Gasteiger charge is -2.18. The summed E-state index contributed by atoms with van der Waals surface area (Å²) in [6.45, 7) is 3.64. The van der Waals surface area contributed by atoms with Crippen molar-refractivity contribution >= 4 is 19.8 Å². The van der Waals surface area contributed by atoms with Crippen molar-refractivity contribution in [2.24, 2.45) is 0 Å². The lowest BCUT2D eigenvalue weighted by molar-refractivity contribution is -0.161. The number of ether oxygens (including phenoxy) is 2. The van der Waals surface area contributed by atoms with Crippen molar-refractivity contribution in [1.82, 2.24) is 0 Å². The molecule has 0 aromatic carbocycles. The van der Waals surface area contributed by atoms with E-state index in [4.69, 9.17) is 19.3 Å². The van der Waals surface area contributed by atoms with Gasteiger partial charge in [-0.05, 0) is 51.4 Å². The molecule has 0 fully saturated rings. The topological polar surface area (TPSA) is 119 Å². The van der Waals surface area contributed by atoms with Crippen LogP contribution in [0.25, 0.3) is 0 Å². The zero-order valence-corrected chi connectivity index (χ0v) is 33.6. The Kier molecular flexibility index (Phi) is 36.7. The fourth-order valence-corrected chi connectivity index (χ4v) is 6.15. The maximum Gasteiger partial charge on any atom is 0.469 e. The number of carbonyl (C=O) groups excluding carboxylic acids is 2. The summed E-state index contributed by atoms with van der Waals surface area (Å²) in [4.78, 5) is 42.8. The normalized spacial score (nSPS) is 12.8. The molecule has 0 spiro atoms. The Labute approximate surface area is 312 Å². The minimum absolute atomic E-state index is 0.165. The number of allylic oxidation sites excluding steroid dienone is 6. The predicted octanol–water partition coefficient (Wildman–Crippen LogP) is 12.6. The molecular formula is C42H77O8P. The molecule has 0 aromatic heterocycles. The highest BCUT2D eigenvalue weighted by atomic mass is 31.2. The van der Waals surface area contributed by atoms with Gasteiger partial charge in [-0.3, -0.25) is 14.1 Å². The molecule has 0 saturated carbocycles. The Morgan fingerprint density at radius 1 is 0.510 bits per heavy atom. The number of hydrogen-bond acceptors (Lipinski definition) is 6. The van der Waals surface area contributed by atoms with E-state index in [-0.39, 0.29) is 19.4 Å². The summed E-state index contributed by atoms with van der Waals surface area (Å²) < 4.78 is 26.3. The van der Waals surface area contributed by atoms with Crippen molar-refractivity contribution in [3.8, 4) is 0 Å². The Morgan fingerprint density at radius 3 is 1.35 bits per heavy atom. The zero-order chi connectivity index (χ0) is 37.5. The first-order valence-electron chi connectivity index (χ1n) is 20.8. The van der Waals surface area contributed by atoms with Crippen LogP contribution in [0.3, 0.4) is 0 Å². The van der Waals surface area contributed by atoms with Crippen LogP contribution in [0.1, 0.15) is 200 Å². The highest BCUT2D eigenvalue weighted by Gasteiger charge is 2.22. The smallest absolute Gasteiger partial charge is 0.462 e. The van der Waals surface area contributed by atoms with E-state index in [1.165, 1.54) is 116 Å². The van der Waals surface area contributed by atoms with Crippen LogP contribution in [0.15, 0.2) is 36.5 Å². The van der Waals surface area contributed by atoms with Gasteiger partial charge >= 0.3 is 19.8 Å². The molecule has 0 unspecified atom stereocenters. The number of hydrogen-bond donors (Lipinski definition) is 2. The van der Waals surface area contributed by atoms with E-state index in [2.05, 4.69) is 54.8 Å². The maximum atomic E-state index is 12.4. The molecule has 0 bridgehead atoms. The molecular weight excluding hydrogens is 663 g/mol. The van der Waals surface area contributed by atoms with Crippen molar-refractivity contribution in [3.63, 3.8) is 0 Å². The minimum Gasteiger partial charge on any atom is -0.462 e. The van der Waals surface area contributed by atoms with E-state index in [0.29, 0.717) is 6.42 Å². The van der Waals surface area contributed by atoms with Crippen LogP contribution in [0.2, 0.25) is 0 Å². The van der Waals surface area contributed by atoms with Crippen molar-refractivity contribution in [1.29, 1.82) is 0 Å². The third-order valence-electron chi connectivity index (χ3n) is 8.91. The third kappa shape index (κ3) is 40.9. The second-order valence-electron chi connectivity index (χ2n) is 14.0. The lowest BCUT2D eigenvalue weighted by Crippen LogP contribution is -2.29. The van der Waals surface area contributed by atoms with E-state index in [1.54, 1.807) is 0 Å². The van der Waals surface area contributed by atoms with Crippen LogP contribution < -0.4 is 0 Å². The Balaban J connectivity index is 3.95. The summed E-state index contributed by atoms with van der Waals surface area (Å²) in [6, 6.07) is 0. The largest absolute Gasteiger partial charge is 0.469 e. The summed E-state index contributed by atoms with van der Waals surface area (Å²) in [5.74, 6) is -0.923. The Morgan fingerprint density at radius 2 is 0.882 bits per heavy atom. The molecule has 0 aliphatic heterocycles. The summed E-state index contributed by atoms with van der Waals surface area (Å²) >= 11 is 0. The molecule has 0 saturated heterocycles. The van der Waals surface area contributed by atoms with Gasteiger partial charge in [0.25, 0.3) is 0 Å².